The summed E-state index contributed by atoms with van der Waals surface area (Å²) in [6.07, 6.45) is 1.77. The Morgan fingerprint density at radius 1 is 1.30 bits per heavy atom. The summed E-state index contributed by atoms with van der Waals surface area (Å²) < 4.78 is 5.05. The van der Waals surface area contributed by atoms with Crippen LogP contribution in [0.1, 0.15) is 49.5 Å². The standard InChI is InChI=1S/C17H22N2O4/c1-4-17(2,3)19-15(21)10-23-16(22)12-5-7-13-11(9-12)6-8-14(20)18-13/h5,7,9H,4,6,8,10H2,1-3H3,(H,18,20)(H,19,21). The van der Waals surface area contributed by atoms with Crippen LogP contribution in [0.15, 0.2) is 18.2 Å². The van der Waals surface area contributed by atoms with Crippen molar-refractivity contribution in [3.8, 4) is 0 Å². The Morgan fingerprint density at radius 2 is 2.04 bits per heavy atom. The lowest BCUT2D eigenvalue weighted by Gasteiger charge is -2.24. The minimum atomic E-state index is -0.547. The highest BCUT2D eigenvalue weighted by molar-refractivity contribution is 5.96. The third kappa shape index (κ3) is 4.55. The Hall–Kier alpha value is -2.37. The van der Waals surface area contributed by atoms with Crippen molar-refractivity contribution in [2.45, 2.75) is 45.6 Å². The van der Waals surface area contributed by atoms with Crippen molar-refractivity contribution < 1.29 is 19.1 Å². The zero-order valence-electron chi connectivity index (χ0n) is 13.7. The first-order chi connectivity index (χ1) is 10.8. The fourth-order valence-electron chi connectivity index (χ4n) is 2.23. The summed E-state index contributed by atoms with van der Waals surface area (Å²) in [5.41, 5.74) is 1.67. The predicted molar refractivity (Wildman–Crippen MR) is 86.2 cm³/mol. The number of aryl methyl sites for hydroxylation is 1. The number of amides is 2. The van der Waals surface area contributed by atoms with Gasteiger partial charge in [0.25, 0.3) is 5.91 Å². The maximum Gasteiger partial charge on any atom is 0.338 e. The fourth-order valence-corrected chi connectivity index (χ4v) is 2.23. The summed E-state index contributed by atoms with van der Waals surface area (Å²) in [7, 11) is 0. The number of carbonyl (C=O) groups is 3. The number of fused-ring (bicyclic) bond motifs is 1. The summed E-state index contributed by atoms with van der Waals surface area (Å²) in [6, 6.07) is 4.97. The zero-order valence-corrected chi connectivity index (χ0v) is 13.7. The van der Waals surface area contributed by atoms with Crippen LogP contribution < -0.4 is 10.6 Å². The van der Waals surface area contributed by atoms with Crippen molar-refractivity contribution >= 4 is 23.5 Å². The van der Waals surface area contributed by atoms with Crippen molar-refractivity contribution in [2.75, 3.05) is 11.9 Å². The Balaban J connectivity index is 1.94. The average Bonchev–Trinajstić information content (AvgIpc) is 2.51. The van der Waals surface area contributed by atoms with E-state index in [2.05, 4.69) is 10.6 Å². The highest BCUT2D eigenvalue weighted by Crippen LogP contribution is 2.23. The van der Waals surface area contributed by atoms with Crippen molar-refractivity contribution in [2.24, 2.45) is 0 Å². The second kappa shape index (κ2) is 6.81. The molecular weight excluding hydrogens is 296 g/mol. The summed E-state index contributed by atoms with van der Waals surface area (Å²) in [4.78, 5) is 35.1. The van der Waals surface area contributed by atoms with Crippen LogP contribution in [0.3, 0.4) is 0 Å². The molecule has 1 heterocycles. The molecule has 1 aromatic rings. The van der Waals surface area contributed by atoms with Crippen LogP contribution in [-0.4, -0.2) is 29.9 Å². The molecule has 0 fully saturated rings. The summed E-state index contributed by atoms with van der Waals surface area (Å²) in [6.45, 7) is 5.48. The molecule has 1 aliphatic heterocycles. The van der Waals surface area contributed by atoms with Gasteiger partial charge in [0.2, 0.25) is 5.91 Å². The zero-order chi connectivity index (χ0) is 17.0. The normalized spacial score (nSPS) is 13.8. The molecule has 124 valence electrons. The third-order valence-corrected chi connectivity index (χ3v) is 3.93. The van der Waals surface area contributed by atoms with E-state index in [1.54, 1.807) is 18.2 Å². The summed E-state index contributed by atoms with van der Waals surface area (Å²) in [5, 5.41) is 5.56. The van der Waals surface area contributed by atoms with E-state index < -0.39 is 5.97 Å². The van der Waals surface area contributed by atoms with Gasteiger partial charge in [-0.05, 0) is 50.5 Å². The monoisotopic (exact) mass is 318 g/mol. The molecule has 6 heteroatoms. The van der Waals surface area contributed by atoms with Crippen LogP contribution >= 0.6 is 0 Å². The van der Waals surface area contributed by atoms with Gasteiger partial charge in [-0.3, -0.25) is 9.59 Å². The molecule has 1 aliphatic rings. The first-order valence-corrected chi connectivity index (χ1v) is 7.71. The van der Waals surface area contributed by atoms with E-state index in [1.165, 1.54) is 0 Å². The minimum absolute atomic E-state index is 0.0250. The second-order valence-electron chi connectivity index (χ2n) is 6.28. The Bertz CT molecular complexity index is 637. The quantitative estimate of drug-likeness (QED) is 0.814. The Labute approximate surface area is 135 Å². The molecule has 6 nitrogen and oxygen atoms in total. The SMILES string of the molecule is CCC(C)(C)NC(=O)COC(=O)c1ccc2c(c1)CCC(=O)N2. The van der Waals surface area contributed by atoms with Crippen molar-refractivity contribution in [1.29, 1.82) is 0 Å². The minimum Gasteiger partial charge on any atom is -0.452 e. The molecule has 0 atom stereocenters. The molecule has 2 amide bonds. The van der Waals surface area contributed by atoms with Gasteiger partial charge in [0, 0.05) is 17.6 Å². The van der Waals surface area contributed by atoms with Crippen molar-refractivity contribution in [3.05, 3.63) is 29.3 Å². The average molecular weight is 318 g/mol. The van der Waals surface area contributed by atoms with Crippen molar-refractivity contribution in [1.82, 2.24) is 5.32 Å². The van der Waals surface area contributed by atoms with E-state index in [9.17, 15) is 14.4 Å². The van der Waals surface area contributed by atoms with Crippen LogP contribution in [-0.2, 0) is 20.7 Å². The van der Waals surface area contributed by atoms with Crippen LogP contribution in [0.2, 0.25) is 0 Å². The van der Waals surface area contributed by atoms with E-state index in [1.807, 2.05) is 20.8 Å². The number of hydrogen-bond acceptors (Lipinski definition) is 4. The van der Waals surface area contributed by atoms with Gasteiger partial charge in [-0.1, -0.05) is 6.92 Å². The van der Waals surface area contributed by atoms with E-state index >= 15 is 0 Å². The number of esters is 1. The van der Waals surface area contributed by atoms with E-state index in [-0.39, 0.29) is 24.0 Å². The number of ether oxygens (including phenoxy) is 1. The highest BCUT2D eigenvalue weighted by atomic mass is 16.5. The van der Waals surface area contributed by atoms with E-state index in [0.717, 1.165) is 17.7 Å². The molecule has 0 bridgehead atoms. The predicted octanol–water partition coefficient (Wildman–Crippen LogP) is 2.03. The molecule has 23 heavy (non-hydrogen) atoms. The molecule has 0 saturated carbocycles. The maximum absolute atomic E-state index is 12.0. The fraction of sp³-hybridized carbons (Fsp3) is 0.471. The number of rotatable bonds is 5. The number of benzene rings is 1. The van der Waals surface area contributed by atoms with Gasteiger partial charge in [-0.2, -0.15) is 0 Å². The van der Waals surface area contributed by atoms with Gasteiger partial charge in [-0.25, -0.2) is 4.79 Å². The van der Waals surface area contributed by atoms with Crippen LogP contribution in [0, 0.1) is 0 Å². The van der Waals surface area contributed by atoms with Crippen LogP contribution in [0.25, 0.3) is 0 Å². The van der Waals surface area contributed by atoms with Gasteiger partial charge >= 0.3 is 5.97 Å². The third-order valence-electron chi connectivity index (χ3n) is 3.93. The van der Waals surface area contributed by atoms with Crippen LogP contribution in [0.4, 0.5) is 5.69 Å². The smallest absolute Gasteiger partial charge is 0.338 e. The molecule has 0 aromatic heterocycles. The largest absolute Gasteiger partial charge is 0.452 e. The van der Waals surface area contributed by atoms with Gasteiger partial charge in [0.05, 0.1) is 5.56 Å². The highest BCUT2D eigenvalue weighted by Gasteiger charge is 2.20. The molecule has 0 aliphatic carbocycles. The second-order valence-corrected chi connectivity index (χ2v) is 6.28. The lowest BCUT2D eigenvalue weighted by Crippen LogP contribution is -2.44. The topological polar surface area (TPSA) is 84.5 Å². The van der Waals surface area contributed by atoms with Crippen molar-refractivity contribution in [3.63, 3.8) is 0 Å². The summed E-state index contributed by atoms with van der Waals surface area (Å²) >= 11 is 0. The first kappa shape index (κ1) is 17.0. The molecule has 0 radical (unpaired) electrons. The number of anilines is 1. The number of carbonyl (C=O) groups excluding carboxylic acids is 3. The number of hydrogen-bond donors (Lipinski definition) is 2. The van der Waals surface area contributed by atoms with E-state index in [4.69, 9.17) is 4.74 Å². The first-order valence-electron chi connectivity index (χ1n) is 7.71. The van der Waals surface area contributed by atoms with Gasteiger partial charge < -0.3 is 15.4 Å². The van der Waals surface area contributed by atoms with E-state index in [0.29, 0.717) is 18.4 Å². The molecule has 0 saturated heterocycles. The molecule has 2 N–H and O–H groups in total. The van der Waals surface area contributed by atoms with Crippen LogP contribution in [0.5, 0.6) is 0 Å². The van der Waals surface area contributed by atoms with Gasteiger partial charge in [0.15, 0.2) is 6.61 Å². The van der Waals surface area contributed by atoms with Gasteiger partial charge in [-0.15, -0.1) is 0 Å². The molecule has 0 spiro atoms. The van der Waals surface area contributed by atoms with Gasteiger partial charge in [0.1, 0.15) is 0 Å². The maximum atomic E-state index is 12.0. The molecular formula is C17H22N2O4. The molecule has 1 aromatic carbocycles. The Morgan fingerprint density at radius 3 is 2.74 bits per heavy atom. The molecule has 0 unspecified atom stereocenters. The summed E-state index contributed by atoms with van der Waals surface area (Å²) in [5.74, 6) is -0.896. The molecule has 2 rings (SSSR count). The lowest BCUT2D eigenvalue weighted by molar-refractivity contribution is -0.125. The number of nitrogens with one attached hydrogen (secondary N) is 2. The Kier molecular flexibility index (Phi) is 5.03. The lowest BCUT2D eigenvalue weighted by atomic mass is 10.0.